The van der Waals surface area contributed by atoms with E-state index in [2.05, 4.69) is 58.8 Å². The fraction of sp³-hybridized carbons (Fsp3) is 0.174. The van der Waals surface area contributed by atoms with Crippen LogP contribution >= 0.6 is 11.3 Å². The van der Waals surface area contributed by atoms with Crippen molar-refractivity contribution in [2.75, 3.05) is 12.4 Å². The van der Waals surface area contributed by atoms with Gasteiger partial charge in [-0.05, 0) is 41.3 Å². The second kappa shape index (κ2) is 8.01. The molecule has 0 aliphatic heterocycles. The van der Waals surface area contributed by atoms with Crippen LogP contribution in [-0.2, 0) is 4.74 Å². The molecule has 29 heavy (non-hydrogen) atoms. The largest absolute Gasteiger partial charge is 0.465 e. The van der Waals surface area contributed by atoms with Gasteiger partial charge in [0.25, 0.3) is 0 Å². The molecule has 0 aliphatic rings. The van der Waals surface area contributed by atoms with E-state index in [0.29, 0.717) is 11.5 Å². The monoisotopic (exact) mass is 403 g/mol. The number of hydrogen-bond donors (Lipinski definition) is 1. The van der Waals surface area contributed by atoms with Gasteiger partial charge in [-0.3, -0.25) is 0 Å². The van der Waals surface area contributed by atoms with Crippen molar-refractivity contribution in [2.24, 2.45) is 0 Å². The summed E-state index contributed by atoms with van der Waals surface area (Å²) < 4.78 is 4.75. The van der Waals surface area contributed by atoms with E-state index in [1.807, 2.05) is 12.1 Å². The molecule has 2 aromatic heterocycles. The summed E-state index contributed by atoms with van der Waals surface area (Å²) in [5.41, 5.74) is 4.90. The van der Waals surface area contributed by atoms with Crippen LogP contribution in [0.2, 0.25) is 0 Å². The molecular weight excluding hydrogens is 382 g/mol. The highest BCUT2D eigenvalue weighted by Crippen LogP contribution is 2.37. The van der Waals surface area contributed by atoms with Crippen molar-refractivity contribution in [3.05, 3.63) is 71.4 Å². The van der Waals surface area contributed by atoms with E-state index < -0.39 is 0 Å². The summed E-state index contributed by atoms with van der Waals surface area (Å²) in [6.07, 6.45) is 1.57. The molecule has 0 atom stereocenters. The number of rotatable bonds is 5. The minimum Gasteiger partial charge on any atom is -0.465 e. The number of nitrogens with zero attached hydrogens (tertiary/aromatic N) is 2. The molecule has 2 heterocycles. The summed E-state index contributed by atoms with van der Waals surface area (Å²) in [6.45, 7) is 4.38. The maximum atomic E-state index is 11.6. The van der Waals surface area contributed by atoms with Gasteiger partial charge in [0.2, 0.25) is 0 Å². The van der Waals surface area contributed by atoms with Crippen molar-refractivity contribution in [3.63, 3.8) is 0 Å². The lowest BCUT2D eigenvalue weighted by molar-refractivity contribution is 0.0601. The van der Waals surface area contributed by atoms with Crippen LogP contribution in [0.3, 0.4) is 0 Å². The predicted octanol–water partition coefficient (Wildman–Crippen LogP) is 6.01. The smallest absolute Gasteiger partial charge is 0.337 e. The van der Waals surface area contributed by atoms with E-state index in [9.17, 15) is 4.79 Å². The van der Waals surface area contributed by atoms with Crippen molar-refractivity contribution in [1.82, 2.24) is 9.97 Å². The quantitative estimate of drug-likeness (QED) is 0.413. The van der Waals surface area contributed by atoms with Gasteiger partial charge in [-0.2, -0.15) is 0 Å². The van der Waals surface area contributed by atoms with Gasteiger partial charge in [-0.1, -0.05) is 38.1 Å². The van der Waals surface area contributed by atoms with Gasteiger partial charge in [-0.25, -0.2) is 14.8 Å². The van der Waals surface area contributed by atoms with Crippen molar-refractivity contribution in [3.8, 4) is 11.1 Å². The highest BCUT2D eigenvalue weighted by atomic mass is 32.1. The Bertz CT molecular complexity index is 1150. The number of fused-ring (bicyclic) bond motifs is 1. The van der Waals surface area contributed by atoms with Crippen molar-refractivity contribution in [2.45, 2.75) is 19.8 Å². The van der Waals surface area contributed by atoms with Crippen molar-refractivity contribution >= 4 is 39.0 Å². The van der Waals surface area contributed by atoms with E-state index in [4.69, 9.17) is 4.74 Å². The van der Waals surface area contributed by atoms with Crippen LogP contribution in [0.1, 0.15) is 35.7 Å². The maximum Gasteiger partial charge on any atom is 0.337 e. The molecule has 4 rings (SSSR count). The normalized spacial score (nSPS) is 11.0. The van der Waals surface area contributed by atoms with Crippen LogP contribution in [-0.4, -0.2) is 23.0 Å². The number of aromatic nitrogens is 2. The third-order valence-corrected chi connectivity index (χ3v) is 5.71. The van der Waals surface area contributed by atoms with Gasteiger partial charge in [0.1, 0.15) is 17.0 Å². The van der Waals surface area contributed by atoms with Crippen LogP contribution in [0.5, 0.6) is 0 Å². The minimum absolute atomic E-state index is 0.356. The topological polar surface area (TPSA) is 64.1 Å². The molecule has 6 heteroatoms. The molecule has 0 aliphatic carbocycles. The first-order chi connectivity index (χ1) is 14.1. The standard InChI is InChI=1S/C23H21N3O2S/c1-14(2)15-4-6-16(7-5-15)19-12-29-22-20(19)21(24-13-25-22)26-18-10-8-17(9-11-18)23(27)28-3/h4-14H,1-3H3,(H,24,25,26). The second-order valence-electron chi connectivity index (χ2n) is 7.02. The summed E-state index contributed by atoms with van der Waals surface area (Å²) in [5.74, 6) is 0.882. The SMILES string of the molecule is COC(=O)c1ccc(Nc2ncnc3scc(-c4ccc(C(C)C)cc4)c23)cc1. The number of ether oxygens (including phenoxy) is 1. The second-order valence-corrected chi connectivity index (χ2v) is 7.88. The molecule has 0 saturated carbocycles. The lowest BCUT2D eigenvalue weighted by Crippen LogP contribution is -2.01. The van der Waals surface area contributed by atoms with Crippen LogP contribution in [0.25, 0.3) is 21.3 Å². The van der Waals surface area contributed by atoms with Crippen LogP contribution in [0.15, 0.2) is 60.2 Å². The summed E-state index contributed by atoms with van der Waals surface area (Å²) >= 11 is 1.60. The number of nitrogens with one attached hydrogen (secondary N) is 1. The van der Waals surface area contributed by atoms with Crippen LogP contribution < -0.4 is 5.32 Å². The third kappa shape index (κ3) is 3.84. The number of methoxy groups -OCH3 is 1. The Kier molecular flexibility index (Phi) is 5.27. The van der Waals surface area contributed by atoms with Gasteiger partial charge in [-0.15, -0.1) is 11.3 Å². The first-order valence-corrected chi connectivity index (χ1v) is 10.2. The molecule has 0 saturated heterocycles. The predicted molar refractivity (Wildman–Crippen MR) is 118 cm³/mol. The van der Waals surface area contributed by atoms with E-state index >= 15 is 0 Å². The molecule has 1 N–H and O–H groups in total. The molecule has 0 fully saturated rings. The van der Waals surface area contributed by atoms with E-state index in [-0.39, 0.29) is 5.97 Å². The Morgan fingerprint density at radius 2 is 1.76 bits per heavy atom. The van der Waals surface area contributed by atoms with E-state index in [1.165, 1.54) is 12.7 Å². The summed E-state index contributed by atoms with van der Waals surface area (Å²) in [5, 5.41) is 6.47. The number of hydrogen-bond acceptors (Lipinski definition) is 6. The zero-order chi connectivity index (χ0) is 20.4. The summed E-state index contributed by atoms with van der Waals surface area (Å²) in [4.78, 5) is 21.5. The molecule has 4 aromatic rings. The summed E-state index contributed by atoms with van der Waals surface area (Å²) in [6, 6.07) is 15.8. The fourth-order valence-electron chi connectivity index (χ4n) is 3.17. The third-order valence-electron chi connectivity index (χ3n) is 4.83. The zero-order valence-corrected chi connectivity index (χ0v) is 17.3. The Morgan fingerprint density at radius 1 is 1.03 bits per heavy atom. The number of anilines is 2. The molecule has 0 amide bonds. The first kappa shape index (κ1) is 19.1. The lowest BCUT2D eigenvalue weighted by atomic mass is 9.99. The molecule has 0 radical (unpaired) electrons. The van der Waals surface area contributed by atoms with Gasteiger partial charge in [0.05, 0.1) is 18.1 Å². The first-order valence-electron chi connectivity index (χ1n) is 9.34. The average Bonchev–Trinajstić information content (AvgIpc) is 3.19. The van der Waals surface area contributed by atoms with Gasteiger partial charge < -0.3 is 10.1 Å². The number of carbonyl (C=O) groups excluding carboxylic acids is 1. The molecule has 0 bridgehead atoms. The van der Waals surface area contributed by atoms with Gasteiger partial charge >= 0.3 is 5.97 Å². The van der Waals surface area contributed by atoms with E-state index in [1.54, 1.807) is 29.8 Å². The number of benzene rings is 2. The number of thiophene rings is 1. The van der Waals surface area contributed by atoms with Crippen molar-refractivity contribution in [1.29, 1.82) is 0 Å². The molecule has 0 spiro atoms. The number of esters is 1. The molecule has 2 aromatic carbocycles. The molecular formula is C23H21N3O2S. The Hall–Kier alpha value is -3.25. The Labute approximate surface area is 173 Å². The lowest BCUT2D eigenvalue weighted by Gasteiger charge is -2.10. The zero-order valence-electron chi connectivity index (χ0n) is 16.5. The van der Waals surface area contributed by atoms with Crippen LogP contribution in [0, 0.1) is 0 Å². The van der Waals surface area contributed by atoms with Gasteiger partial charge in [0, 0.05) is 16.6 Å². The van der Waals surface area contributed by atoms with Crippen LogP contribution in [0.4, 0.5) is 11.5 Å². The Balaban J connectivity index is 1.70. The molecule has 146 valence electrons. The number of carbonyl (C=O) groups is 1. The molecule has 0 unspecified atom stereocenters. The maximum absolute atomic E-state index is 11.6. The van der Waals surface area contributed by atoms with Gasteiger partial charge in [0.15, 0.2) is 0 Å². The Morgan fingerprint density at radius 3 is 2.41 bits per heavy atom. The highest BCUT2D eigenvalue weighted by molar-refractivity contribution is 7.17. The van der Waals surface area contributed by atoms with E-state index in [0.717, 1.165) is 32.8 Å². The van der Waals surface area contributed by atoms with Crippen molar-refractivity contribution < 1.29 is 9.53 Å². The highest BCUT2D eigenvalue weighted by Gasteiger charge is 2.14. The summed E-state index contributed by atoms with van der Waals surface area (Å²) in [7, 11) is 1.37. The average molecular weight is 404 g/mol. The molecule has 5 nitrogen and oxygen atoms in total. The minimum atomic E-state index is -0.356. The fourth-order valence-corrected chi connectivity index (χ4v) is 4.09.